The van der Waals surface area contributed by atoms with Crippen LogP contribution in [0.25, 0.3) is 49.3 Å². The molecule has 0 aliphatic carbocycles. The summed E-state index contributed by atoms with van der Waals surface area (Å²) >= 11 is 0. The van der Waals surface area contributed by atoms with Crippen LogP contribution in [0.4, 0.5) is 0 Å². The number of aromatic amines is 1. The van der Waals surface area contributed by atoms with Gasteiger partial charge in [0, 0.05) is 38.3 Å². The minimum absolute atomic E-state index is 0.514. The molecule has 0 spiro atoms. The molecule has 0 radical (unpaired) electrons. The van der Waals surface area contributed by atoms with Crippen LogP contribution < -0.4 is 0 Å². The normalized spacial score (nSPS) is 12.0. The van der Waals surface area contributed by atoms with Gasteiger partial charge in [0.2, 0.25) is 0 Å². The van der Waals surface area contributed by atoms with Gasteiger partial charge in [-0.2, -0.15) is 0 Å². The zero-order valence-corrected chi connectivity index (χ0v) is 24.7. The van der Waals surface area contributed by atoms with Gasteiger partial charge in [0.25, 0.3) is 0 Å². The quantitative estimate of drug-likeness (QED) is 0.197. The number of para-hydroxylation sites is 2. The van der Waals surface area contributed by atoms with E-state index in [0.29, 0.717) is 0 Å². The average Bonchev–Trinajstić information content (AvgIpc) is 3.65. The van der Waals surface area contributed by atoms with E-state index in [2.05, 4.69) is 185 Å². The Labute approximate surface area is 261 Å². The Morgan fingerprint density at radius 2 is 0.889 bits per heavy atom. The summed E-state index contributed by atoms with van der Waals surface area (Å²) in [5, 5.41) is 4.98. The van der Waals surface area contributed by atoms with E-state index in [4.69, 9.17) is 0 Å². The molecule has 45 heavy (non-hydrogen) atoms. The van der Waals surface area contributed by atoms with Gasteiger partial charge in [-0.1, -0.05) is 140 Å². The molecule has 2 heteroatoms. The van der Waals surface area contributed by atoms with Crippen molar-refractivity contribution in [2.24, 2.45) is 0 Å². The second-order valence-corrected chi connectivity index (χ2v) is 11.8. The van der Waals surface area contributed by atoms with Crippen LogP contribution in [0.15, 0.2) is 176 Å². The number of benzene rings is 7. The molecule has 0 bridgehead atoms. The summed E-state index contributed by atoms with van der Waals surface area (Å²) in [5.74, 6) is 0. The Kier molecular flexibility index (Phi) is 5.76. The van der Waals surface area contributed by atoms with E-state index in [0.717, 1.165) is 16.7 Å². The van der Waals surface area contributed by atoms with Crippen LogP contribution in [0, 0.1) is 0 Å². The predicted octanol–water partition coefficient (Wildman–Crippen LogP) is 10.8. The maximum atomic E-state index is 3.60. The van der Waals surface area contributed by atoms with E-state index in [-0.39, 0.29) is 0 Å². The first-order chi connectivity index (χ1) is 22.3. The minimum atomic E-state index is -0.514. The van der Waals surface area contributed by atoms with Crippen LogP contribution in [0.1, 0.15) is 22.3 Å². The van der Waals surface area contributed by atoms with Crippen LogP contribution >= 0.6 is 0 Å². The summed E-state index contributed by atoms with van der Waals surface area (Å²) in [6.45, 7) is 0. The molecule has 0 amide bonds. The molecule has 0 aliphatic heterocycles. The molecule has 9 aromatic rings. The van der Waals surface area contributed by atoms with E-state index >= 15 is 0 Å². The van der Waals surface area contributed by atoms with Gasteiger partial charge in [-0.05, 0) is 58.7 Å². The van der Waals surface area contributed by atoms with Crippen LogP contribution in [-0.2, 0) is 5.41 Å². The fourth-order valence-electron chi connectivity index (χ4n) is 7.52. The van der Waals surface area contributed by atoms with E-state index in [1.807, 2.05) is 0 Å². The number of nitrogens with one attached hydrogen (secondary N) is 1. The number of H-pyrrole nitrogens is 1. The van der Waals surface area contributed by atoms with Gasteiger partial charge in [-0.3, -0.25) is 0 Å². The van der Waals surface area contributed by atoms with Gasteiger partial charge in [-0.25, -0.2) is 0 Å². The fraction of sp³-hybridized carbons (Fsp3) is 0.0233. The first-order valence-electron chi connectivity index (χ1n) is 15.5. The molecule has 0 fully saturated rings. The van der Waals surface area contributed by atoms with Gasteiger partial charge >= 0.3 is 0 Å². The highest BCUT2D eigenvalue weighted by Gasteiger charge is 2.38. The number of rotatable bonds is 5. The SMILES string of the molecule is c1ccc(C(c2ccccc2)(c2ccccc2)c2ccc3c4ccccc4n(-c4ccc5[nH]c6ccccc6c5c4)c3c2)cc1. The van der Waals surface area contributed by atoms with Crippen molar-refractivity contribution in [1.29, 1.82) is 0 Å². The first-order valence-corrected chi connectivity index (χ1v) is 15.5. The number of hydrogen-bond donors (Lipinski definition) is 1. The molecule has 0 atom stereocenters. The number of fused-ring (bicyclic) bond motifs is 6. The molecular formula is C43H30N2. The molecular weight excluding hydrogens is 544 g/mol. The number of nitrogens with zero attached hydrogens (tertiary/aromatic N) is 1. The lowest BCUT2D eigenvalue weighted by atomic mass is 9.65. The Bertz CT molecular complexity index is 2370. The zero-order valence-electron chi connectivity index (χ0n) is 24.7. The smallest absolute Gasteiger partial charge is 0.0702 e. The third-order valence-electron chi connectivity index (χ3n) is 9.48. The molecule has 1 N–H and O–H groups in total. The lowest BCUT2D eigenvalue weighted by Gasteiger charge is -2.37. The maximum Gasteiger partial charge on any atom is 0.0702 e. The Morgan fingerprint density at radius 1 is 0.356 bits per heavy atom. The van der Waals surface area contributed by atoms with E-state index in [9.17, 15) is 0 Å². The van der Waals surface area contributed by atoms with Crippen LogP contribution in [0.3, 0.4) is 0 Å². The van der Waals surface area contributed by atoms with Gasteiger partial charge in [0.1, 0.15) is 0 Å². The molecule has 0 aliphatic rings. The topological polar surface area (TPSA) is 20.7 Å². The summed E-state index contributed by atoms with van der Waals surface area (Å²) in [5.41, 5.74) is 10.3. The molecule has 2 nitrogen and oxygen atoms in total. The van der Waals surface area contributed by atoms with Gasteiger partial charge in [0.15, 0.2) is 0 Å². The second kappa shape index (κ2) is 10.1. The Balaban J connectivity index is 1.39. The molecule has 9 rings (SSSR count). The maximum absolute atomic E-state index is 3.60. The molecule has 7 aromatic carbocycles. The highest BCUT2D eigenvalue weighted by Crippen LogP contribution is 2.46. The molecule has 212 valence electrons. The van der Waals surface area contributed by atoms with Crippen molar-refractivity contribution in [3.05, 3.63) is 198 Å². The van der Waals surface area contributed by atoms with Crippen molar-refractivity contribution in [2.45, 2.75) is 5.41 Å². The van der Waals surface area contributed by atoms with Crippen molar-refractivity contribution in [1.82, 2.24) is 9.55 Å². The van der Waals surface area contributed by atoms with Crippen LogP contribution in [0.5, 0.6) is 0 Å². The van der Waals surface area contributed by atoms with E-state index in [1.54, 1.807) is 0 Å². The number of hydrogen-bond acceptors (Lipinski definition) is 0. The fourth-order valence-corrected chi connectivity index (χ4v) is 7.52. The molecule has 0 unspecified atom stereocenters. The summed E-state index contributed by atoms with van der Waals surface area (Å²) in [7, 11) is 0. The monoisotopic (exact) mass is 574 g/mol. The van der Waals surface area contributed by atoms with Gasteiger partial charge in [-0.15, -0.1) is 0 Å². The third-order valence-corrected chi connectivity index (χ3v) is 9.48. The van der Waals surface area contributed by atoms with Crippen molar-refractivity contribution in [3.63, 3.8) is 0 Å². The van der Waals surface area contributed by atoms with Crippen molar-refractivity contribution in [3.8, 4) is 5.69 Å². The van der Waals surface area contributed by atoms with E-state index < -0.39 is 5.41 Å². The Morgan fingerprint density at radius 3 is 1.56 bits per heavy atom. The van der Waals surface area contributed by atoms with Crippen LogP contribution in [0.2, 0.25) is 0 Å². The molecule has 0 saturated heterocycles. The first kappa shape index (κ1) is 25.6. The molecule has 2 aromatic heterocycles. The summed E-state index contributed by atoms with van der Waals surface area (Å²) in [4.78, 5) is 3.60. The molecule has 2 heterocycles. The highest BCUT2D eigenvalue weighted by molar-refractivity contribution is 6.11. The summed E-state index contributed by atoms with van der Waals surface area (Å²) < 4.78 is 2.45. The number of aromatic nitrogens is 2. The zero-order chi connectivity index (χ0) is 29.8. The summed E-state index contributed by atoms with van der Waals surface area (Å²) in [6, 6.07) is 64.1. The third kappa shape index (κ3) is 3.82. The van der Waals surface area contributed by atoms with Crippen molar-refractivity contribution >= 4 is 43.6 Å². The second-order valence-electron chi connectivity index (χ2n) is 11.8. The van der Waals surface area contributed by atoms with Crippen LogP contribution in [-0.4, -0.2) is 9.55 Å². The minimum Gasteiger partial charge on any atom is -0.355 e. The van der Waals surface area contributed by atoms with Crippen molar-refractivity contribution < 1.29 is 0 Å². The lowest BCUT2D eigenvalue weighted by molar-refractivity contribution is 0.746. The Hall–Kier alpha value is -5.86. The highest BCUT2D eigenvalue weighted by atomic mass is 15.0. The molecule has 0 saturated carbocycles. The largest absolute Gasteiger partial charge is 0.355 e. The van der Waals surface area contributed by atoms with Gasteiger partial charge in [0.05, 0.1) is 16.4 Å². The lowest BCUT2D eigenvalue weighted by Crippen LogP contribution is -2.31. The average molecular weight is 575 g/mol. The van der Waals surface area contributed by atoms with Crippen molar-refractivity contribution in [2.75, 3.05) is 0 Å². The summed E-state index contributed by atoms with van der Waals surface area (Å²) in [6.07, 6.45) is 0. The predicted molar refractivity (Wildman–Crippen MR) is 188 cm³/mol. The van der Waals surface area contributed by atoms with Gasteiger partial charge < -0.3 is 9.55 Å². The van der Waals surface area contributed by atoms with E-state index in [1.165, 1.54) is 54.8 Å². The standard InChI is InChI=1S/C43H30N2/c1-4-14-30(15-5-1)43(31-16-6-2-7-17-31,32-18-8-3-9-19-32)33-24-26-37-36-21-11-13-23-41(36)45(42(37)28-33)34-25-27-40-38(29-34)35-20-10-12-22-39(35)44-40/h1-29,44H.